The van der Waals surface area contributed by atoms with Crippen molar-refractivity contribution in [1.29, 1.82) is 5.26 Å². The van der Waals surface area contributed by atoms with E-state index < -0.39 is 5.54 Å². The van der Waals surface area contributed by atoms with Crippen LogP contribution in [-0.4, -0.2) is 30.6 Å². The van der Waals surface area contributed by atoms with Crippen LogP contribution in [0.15, 0.2) is 0 Å². The van der Waals surface area contributed by atoms with Gasteiger partial charge in [-0.25, -0.2) is 0 Å². The fourth-order valence-electron chi connectivity index (χ4n) is 2.74. The van der Waals surface area contributed by atoms with Crippen molar-refractivity contribution in [3.8, 4) is 6.07 Å². The molecule has 16 heavy (non-hydrogen) atoms. The zero-order chi connectivity index (χ0) is 12.2. The van der Waals surface area contributed by atoms with Crippen molar-refractivity contribution in [3.63, 3.8) is 0 Å². The third kappa shape index (κ3) is 3.47. The van der Waals surface area contributed by atoms with Gasteiger partial charge in [-0.05, 0) is 44.7 Å². The molecule has 3 heteroatoms. The number of nitrogens with zero attached hydrogens (tertiary/aromatic N) is 2. The Bertz CT molecular complexity index is 256. The highest BCUT2D eigenvalue weighted by molar-refractivity contribution is 5.11. The minimum absolute atomic E-state index is 0.395. The second-order valence-electron chi connectivity index (χ2n) is 5.69. The van der Waals surface area contributed by atoms with Crippen molar-refractivity contribution >= 4 is 0 Å². The van der Waals surface area contributed by atoms with Crippen LogP contribution in [0.3, 0.4) is 0 Å². The average Bonchev–Trinajstić information content (AvgIpc) is 2.57. The number of nitriles is 1. The number of rotatable bonds is 5. The van der Waals surface area contributed by atoms with E-state index in [1.165, 1.54) is 0 Å². The topological polar surface area (TPSA) is 53.0 Å². The molecule has 0 spiro atoms. The van der Waals surface area contributed by atoms with Crippen LogP contribution >= 0.6 is 0 Å². The molecule has 1 saturated carbocycles. The van der Waals surface area contributed by atoms with E-state index in [2.05, 4.69) is 31.9 Å². The van der Waals surface area contributed by atoms with E-state index in [-0.39, 0.29) is 0 Å². The molecule has 1 aliphatic carbocycles. The van der Waals surface area contributed by atoms with Gasteiger partial charge in [-0.15, -0.1) is 0 Å². The van der Waals surface area contributed by atoms with E-state index in [0.717, 1.165) is 38.8 Å². The summed E-state index contributed by atoms with van der Waals surface area (Å²) in [6.45, 7) is 6.64. The summed E-state index contributed by atoms with van der Waals surface area (Å²) in [4.78, 5) is 2.35. The fraction of sp³-hybridized carbons (Fsp3) is 0.923. The van der Waals surface area contributed by atoms with E-state index in [1.807, 2.05) is 0 Å². The molecule has 92 valence electrons. The molecule has 0 aromatic heterocycles. The van der Waals surface area contributed by atoms with Crippen LogP contribution in [0.4, 0.5) is 0 Å². The normalized spacial score (nSPS) is 29.9. The molecule has 0 saturated heterocycles. The van der Waals surface area contributed by atoms with Crippen molar-refractivity contribution in [2.45, 2.75) is 45.1 Å². The van der Waals surface area contributed by atoms with Crippen LogP contribution in [0.25, 0.3) is 0 Å². The van der Waals surface area contributed by atoms with Gasteiger partial charge in [-0.3, -0.25) is 0 Å². The summed E-state index contributed by atoms with van der Waals surface area (Å²) in [5.74, 6) is 1.10. The smallest absolute Gasteiger partial charge is 0.107 e. The molecule has 0 amide bonds. The van der Waals surface area contributed by atoms with Gasteiger partial charge < -0.3 is 10.6 Å². The Kier molecular flexibility index (Phi) is 4.76. The highest BCUT2D eigenvalue weighted by Gasteiger charge is 2.39. The van der Waals surface area contributed by atoms with Crippen LogP contribution in [0.5, 0.6) is 0 Å². The standard InChI is InChI=1S/C13H25N3/c1-11(2)9-16(3)8-6-12-5-4-7-13(12,15)10-14/h11-12H,4-9,15H2,1-3H3. The maximum atomic E-state index is 9.12. The molecule has 1 rings (SSSR count). The van der Waals surface area contributed by atoms with Crippen molar-refractivity contribution < 1.29 is 0 Å². The Morgan fingerprint density at radius 1 is 1.56 bits per heavy atom. The Hall–Kier alpha value is -0.590. The van der Waals surface area contributed by atoms with Crippen LogP contribution < -0.4 is 5.73 Å². The summed E-state index contributed by atoms with van der Waals surface area (Å²) in [5.41, 5.74) is 5.57. The van der Waals surface area contributed by atoms with Crippen LogP contribution in [0.2, 0.25) is 0 Å². The third-order valence-corrected chi connectivity index (χ3v) is 3.62. The van der Waals surface area contributed by atoms with Gasteiger partial charge in [-0.2, -0.15) is 5.26 Å². The zero-order valence-corrected chi connectivity index (χ0v) is 10.9. The maximum Gasteiger partial charge on any atom is 0.107 e. The van der Waals surface area contributed by atoms with E-state index in [0.29, 0.717) is 11.8 Å². The highest BCUT2D eigenvalue weighted by Crippen LogP contribution is 2.35. The SMILES string of the molecule is CC(C)CN(C)CCC1CCCC1(N)C#N. The number of hydrogen-bond acceptors (Lipinski definition) is 3. The van der Waals surface area contributed by atoms with E-state index in [4.69, 9.17) is 11.0 Å². The van der Waals surface area contributed by atoms with Crippen LogP contribution in [0.1, 0.15) is 39.5 Å². The lowest BCUT2D eigenvalue weighted by Gasteiger charge is -2.26. The first-order chi connectivity index (χ1) is 7.48. The van der Waals surface area contributed by atoms with Crippen LogP contribution in [-0.2, 0) is 0 Å². The van der Waals surface area contributed by atoms with E-state index >= 15 is 0 Å². The lowest BCUT2D eigenvalue weighted by atomic mass is 9.87. The van der Waals surface area contributed by atoms with E-state index in [9.17, 15) is 0 Å². The lowest BCUT2D eigenvalue weighted by molar-refractivity contribution is 0.254. The van der Waals surface area contributed by atoms with E-state index in [1.54, 1.807) is 0 Å². The third-order valence-electron chi connectivity index (χ3n) is 3.62. The van der Waals surface area contributed by atoms with Gasteiger partial charge in [0.15, 0.2) is 0 Å². The van der Waals surface area contributed by atoms with Gasteiger partial charge in [0.1, 0.15) is 5.54 Å². The molecule has 2 atom stereocenters. The molecule has 2 unspecified atom stereocenters. The summed E-state index contributed by atoms with van der Waals surface area (Å²) >= 11 is 0. The van der Waals surface area contributed by atoms with Gasteiger partial charge in [0.25, 0.3) is 0 Å². The van der Waals surface area contributed by atoms with Gasteiger partial charge >= 0.3 is 0 Å². The molecular weight excluding hydrogens is 198 g/mol. The monoisotopic (exact) mass is 223 g/mol. The molecule has 0 radical (unpaired) electrons. The molecule has 0 aromatic rings. The first-order valence-corrected chi connectivity index (χ1v) is 6.36. The van der Waals surface area contributed by atoms with Gasteiger partial charge in [0, 0.05) is 6.54 Å². The lowest BCUT2D eigenvalue weighted by Crippen LogP contribution is -2.43. The molecule has 0 aromatic carbocycles. The van der Waals surface area contributed by atoms with Gasteiger partial charge in [0.05, 0.1) is 6.07 Å². The molecule has 1 aliphatic rings. The summed E-state index contributed by atoms with van der Waals surface area (Å²) in [7, 11) is 2.15. The second kappa shape index (κ2) is 5.65. The fourth-order valence-corrected chi connectivity index (χ4v) is 2.74. The average molecular weight is 223 g/mol. The molecule has 0 bridgehead atoms. The predicted octanol–water partition coefficient (Wildman–Crippen LogP) is 1.99. The molecule has 0 aliphatic heterocycles. The van der Waals surface area contributed by atoms with Crippen molar-refractivity contribution in [1.82, 2.24) is 4.90 Å². The minimum atomic E-state index is -0.543. The molecule has 1 fully saturated rings. The predicted molar refractivity (Wildman–Crippen MR) is 66.8 cm³/mol. The molecule has 2 N–H and O–H groups in total. The van der Waals surface area contributed by atoms with Crippen molar-refractivity contribution in [3.05, 3.63) is 0 Å². The molecule has 0 heterocycles. The Labute approximate surface area is 99.6 Å². The minimum Gasteiger partial charge on any atom is -0.313 e. The molecule has 3 nitrogen and oxygen atoms in total. The Morgan fingerprint density at radius 2 is 2.25 bits per heavy atom. The summed E-state index contributed by atoms with van der Waals surface area (Å²) in [5, 5.41) is 9.12. The quantitative estimate of drug-likeness (QED) is 0.775. The Morgan fingerprint density at radius 3 is 2.81 bits per heavy atom. The first kappa shape index (κ1) is 13.5. The zero-order valence-electron chi connectivity index (χ0n) is 10.9. The van der Waals surface area contributed by atoms with Crippen molar-refractivity contribution in [2.24, 2.45) is 17.6 Å². The van der Waals surface area contributed by atoms with Crippen molar-refractivity contribution in [2.75, 3.05) is 20.1 Å². The van der Waals surface area contributed by atoms with Gasteiger partial charge in [0.2, 0.25) is 0 Å². The van der Waals surface area contributed by atoms with Gasteiger partial charge in [-0.1, -0.05) is 20.3 Å². The second-order valence-corrected chi connectivity index (χ2v) is 5.69. The van der Waals surface area contributed by atoms with Crippen LogP contribution in [0, 0.1) is 23.2 Å². The molecular formula is C13H25N3. The summed E-state index contributed by atoms with van der Waals surface area (Å²) < 4.78 is 0. The maximum absolute atomic E-state index is 9.12. The summed E-state index contributed by atoms with van der Waals surface area (Å²) in [6, 6.07) is 2.31. The number of hydrogen-bond donors (Lipinski definition) is 1. The number of nitrogens with two attached hydrogens (primary N) is 1. The first-order valence-electron chi connectivity index (χ1n) is 6.36. The Balaban J connectivity index is 2.35. The summed E-state index contributed by atoms with van der Waals surface area (Å²) in [6.07, 6.45) is 4.18. The highest BCUT2D eigenvalue weighted by atomic mass is 15.1. The largest absolute Gasteiger partial charge is 0.313 e.